The van der Waals surface area contributed by atoms with Crippen LogP contribution in [0.1, 0.15) is 12.7 Å². The minimum absolute atomic E-state index is 0.0530. The fraction of sp³-hybridized carbons (Fsp3) is 0.273. The number of fused-ring (bicyclic) bond motifs is 1. The van der Waals surface area contributed by atoms with Gasteiger partial charge in [-0.1, -0.05) is 24.3 Å². The van der Waals surface area contributed by atoms with Crippen molar-refractivity contribution < 1.29 is 9.30 Å². The molecule has 3 rings (SSSR count). The van der Waals surface area contributed by atoms with Crippen molar-refractivity contribution in [3.8, 4) is 5.75 Å². The van der Waals surface area contributed by atoms with E-state index in [1.807, 2.05) is 62.4 Å². The van der Waals surface area contributed by atoms with Gasteiger partial charge in [-0.15, -0.1) is 0 Å². The Balaban J connectivity index is 2.09. The van der Waals surface area contributed by atoms with Gasteiger partial charge in [0.2, 0.25) is 0 Å². The first-order valence-electron chi connectivity index (χ1n) is 9.39. The van der Waals surface area contributed by atoms with E-state index < -0.39 is 7.14 Å². The lowest BCUT2D eigenvalue weighted by Gasteiger charge is -2.20. The average Bonchev–Trinajstić information content (AvgIpc) is 2.62. The molecule has 1 aromatic carbocycles. The van der Waals surface area contributed by atoms with Gasteiger partial charge in [0.1, 0.15) is 24.5 Å². The van der Waals surface area contributed by atoms with Crippen molar-refractivity contribution in [3.05, 3.63) is 65.7 Å². The van der Waals surface area contributed by atoms with Crippen LogP contribution >= 0.6 is 7.14 Å². The van der Waals surface area contributed by atoms with E-state index in [4.69, 9.17) is 10.5 Å². The summed E-state index contributed by atoms with van der Waals surface area (Å²) in [5.74, 6) is 1.91. The molecule has 0 bridgehead atoms. The van der Waals surface area contributed by atoms with E-state index in [-0.39, 0.29) is 6.04 Å². The Morgan fingerprint density at radius 3 is 2.62 bits per heavy atom. The molecule has 0 unspecified atom stereocenters. The van der Waals surface area contributed by atoms with E-state index in [0.717, 1.165) is 16.5 Å². The van der Waals surface area contributed by atoms with Gasteiger partial charge in [0.25, 0.3) is 0 Å². The molecule has 1 atom stereocenters. The molecule has 0 radical (unpaired) electrons. The molecule has 29 heavy (non-hydrogen) atoms. The van der Waals surface area contributed by atoms with E-state index in [2.05, 4.69) is 15.3 Å². The van der Waals surface area contributed by atoms with E-state index in [9.17, 15) is 4.57 Å². The molecule has 7 heteroatoms. The summed E-state index contributed by atoms with van der Waals surface area (Å²) in [7, 11) is -0.971. The van der Waals surface area contributed by atoms with Crippen molar-refractivity contribution in [1.82, 2.24) is 9.97 Å². The number of benzene rings is 1. The summed E-state index contributed by atoms with van der Waals surface area (Å²) in [6.07, 6.45) is 11.6. The quantitative estimate of drug-likeness (QED) is 0.727. The van der Waals surface area contributed by atoms with Crippen LogP contribution in [0.4, 0.5) is 5.82 Å². The fourth-order valence-electron chi connectivity index (χ4n) is 3.20. The maximum atomic E-state index is 12.8. The Labute approximate surface area is 171 Å². The molecule has 0 saturated carbocycles. The van der Waals surface area contributed by atoms with Crippen LogP contribution in [0.5, 0.6) is 5.75 Å². The van der Waals surface area contributed by atoms with Gasteiger partial charge >= 0.3 is 0 Å². The number of rotatable bonds is 5. The van der Waals surface area contributed by atoms with Gasteiger partial charge in [-0.3, -0.25) is 0 Å². The second-order valence-corrected chi connectivity index (χ2v) is 10.6. The largest absolute Gasteiger partial charge is 0.496 e. The number of aromatic nitrogens is 2. The molecule has 0 saturated heterocycles. The van der Waals surface area contributed by atoms with E-state index in [1.54, 1.807) is 20.4 Å². The molecule has 3 N–H and O–H groups in total. The van der Waals surface area contributed by atoms with Crippen molar-refractivity contribution in [2.45, 2.75) is 19.9 Å². The van der Waals surface area contributed by atoms with E-state index >= 15 is 0 Å². The molecular formula is C22H27N4O2P. The maximum Gasteiger partial charge on any atom is 0.138 e. The second kappa shape index (κ2) is 8.26. The Morgan fingerprint density at radius 1 is 1.17 bits per heavy atom. The lowest BCUT2D eigenvalue weighted by molar-refractivity contribution is 0.418. The predicted molar refractivity (Wildman–Crippen MR) is 122 cm³/mol. The van der Waals surface area contributed by atoms with Gasteiger partial charge in [-0.2, -0.15) is 0 Å². The third kappa shape index (κ3) is 4.77. The van der Waals surface area contributed by atoms with Crippen molar-refractivity contribution in [2.24, 2.45) is 5.73 Å². The number of nitrogens with two attached hydrogens (primary N) is 1. The molecule has 0 amide bonds. The van der Waals surface area contributed by atoms with Crippen LogP contribution in [-0.2, 0) is 4.57 Å². The molecule has 0 aliphatic heterocycles. The van der Waals surface area contributed by atoms with Gasteiger partial charge < -0.3 is 20.4 Å². The summed E-state index contributed by atoms with van der Waals surface area (Å²) in [6, 6.07) is 3.65. The zero-order valence-electron chi connectivity index (χ0n) is 17.4. The standard InChI is InChI=1S/C22H27N4O2P/c1-14(16-9-7-6-8-10-17(23)11-16)24-22-18-12-21(29(4,5)27)20(28-3)13-19(18)25-15(2)26-22/h6-14H,23H2,1-5H3,(H,24,25,26)/b7-6?,8-6-,9-7?,10-8?,16-9?,16-11?,17-10+,17-11?/t14-/m1/s1. The molecule has 1 aliphatic carbocycles. The van der Waals surface area contributed by atoms with Crippen LogP contribution in [0.15, 0.2) is 59.9 Å². The number of allylic oxidation sites excluding steroid dienone is 5. The van der Waals surface area contributed by atoms with Gasteiger partial charge in [-0.25, -0.2) is 9.97 Å². The molecule has 1 aromatic heterocycles. The second-order valence-electron chi connectivity index (χ2n) is 7.43. The first kappa shape index (κ1) is 20.9. The van der Waals surface area contributed by atoms with E-state index in [0.29, 0.717) is 28.4 Å². The molecule has 0 spiro atoms. The van der Waals surface area contributed by atoms with Crippen molar-refractivity contribution in [2.75, 3.05) is 25.8 Å². The summed E-state index contributed by atoms with van der Waals surface area (Å²) in [6.45, 7) is 7.36. The van der Waals surface area contributed by atoms with Crippen molar-refractivity contribution in [1.29, 1.82) is 0 Å². The molecular weight excluding hydrogens is 383 g/mol. The SMILES string of the molecule is COc1cc2nc(C)nc(N[C@H](C)C3=C/C(N)=C\C=C/C=C3)c2cc1P(C)(C)=O. The number of hydrogen-bond donors (Lipinski definition) is 2. The monoisotopic (exact) mass is 410 g/mol. The summed E-state index contributed by atoms with van der Waals surface area (Å²) in [5, 5.41) is 4.96. The zero-order chi connectivity index (χ0) is 21.2. The Morgan fingerprint density at radius 2 is 1.93 bits per heavy atom. The number of hydrogen-bond acceptors (Lipinski definition) is 6. The van der Waals surface area contributed by atoms with Crippen LogP contribution in [0.2, 0.25) is 0 Å². The first-order chi connectivity index (χ1) is 13.7. The predicted octanol–water partition coefficient (Wildman–Crippen LogP) is 3.89. The number of methoxy groups -OCH3 is 1. The topological polar surface area (TPSA) is 90.1 Å². The number of nitrogens with one attached hydrogen (secondary N) is 1. The normalized spacial score (nSPS) is 18.2. The first-order valence-corrected chi connectivity index (χ1v) is 12.0. The lowest BCUT2D eigenvalue weighted by Crippen LogP contribution is -2.20. The highest BCUT2D eigenvalue weighted by Crippen LogP contribution is 2.40. The molecule has 2 aromatic rings. The summed E-state index contributed by atoms with van der Waals surface area (Å²) < 4.78 is 18.3. The van der Waals surface area contributed by atoms with Crippen molar-refractivity contribution in [3.63, 3.8) is 0 Å². The van der Waals surface area contributed by atoms with Gasteiger partial charge in [0.15, 0.2) is 0 Å². The van der Waals surface area contributed by atoms with Gasteiger partial charge in [0.05, 0.1) is 24.0 Å². The third-order valence-corrected chi connectivity index (χ3v) is 6.18. The number of anilines is 1. The van der Waals surface area contributed by atoms with E-state index in [1.165, 1.54) is 0 Å². The lowest BCUT2D eigenvalue weighted by atomic mass is 10.0. The fourth-order valence-corrected chi connectivity index (χ4v) is 4.33. The average molecular weight is 410 g/mol. The van der Waals surface area contributed by atoms with Crippen LogP contribution < -0.4 is 21.1 Å². The molecule has 6 nitrogen and oxygen atoms in total. The maximum absolute atomic E-state index is 12.8. The Kier molecular flexibility index (Phi) is 5.94. The number of ether oxygens (including phenoxy) is 1. The highest BCUT2D eigenvalue weighted by Gasteiger charge is 2.21. The van der Waals surface area contributed by atoms with Crippen LogP contribution in [0.3, 0.4) is 0 Å². The summed E-state index contributed by atoms with van der Waals surface area (Å²) >= 11 is 0. The van der Waals surface area contributed by atoms with Crippen LogP contribution in [-0.4, -0.2) is 36.4 Å². The van der Waals surface area contributed by atoms with Gasteiger partial charge in [0, 0.05) is 17.1 Å². The van der Waals surface area contributed by atoms with Gasteiger partial charge in [-0.05, 0) is 51.0 Å². The molecule has 0 fully saturated rings. The molecule has 1 heterocycles. The summed E-state index contributed by atoms with van der Waals surface area (Å²) in [4.78, 5) is 9.15. The van der Waals surface area contributed by atoms with Crippen LogP contribution in [0, 0.1) is 6.92 Å². The molecule has 152 valence electrons. The molecule has 1 aliphatic rings. The number of aryl methyl sites for hydroxylation is 1. The summed E-state index contributed by atoms with van der Waals surface area (Å²) in [5.41, 5.74) is 8.49. The zero-order valence-corrected chi connectivity index (χ0v) is 18.3. The Hall–Kier alpha value is -2.85. The third-order valence-electron chi connectivity index (χ3n) is 4.67. The highest BCUT2D eigenvalue weighted by atomic mass is 31.2. The highest BCUT2D eigenvalue weighted by molar-refractivity contribution is 7.70. The number of nitrogens with zero attached hydrogens (tertiary/aromatic N) is 2. The Bertz CT molecular complexity index is 1110. The minimum atomic E-state index is -2.55. The smallest absolute Gasteiger partial charge is 0.138 e. The van der Waals surface area contributed by atoms with Crippen LogP contribution in [0.25, 0.3) is 10.9 Å². The van der Waals surface area contributed by atoms with Crippen molar-refractivity contribution >= 4 is 29.2 Å². The minimum Gasteiger partial charge on any atom is -0.496 e.